The van der Waals surface area contributed by atoms with Gasteiger partial charge in [-0.3, -0.25) is 25.1 Å². The lowest BCUT2D eigenvalue weighted by Crippen LogP contribution is -2.46. The molecule has 31 heavy (non-hydrogen) atoms. The van der Waals surface area contributed by atoms with Gasteiger partial charge in [0.2, 0.25) is 0 Å². The number of urea groups is 1. The van der Waals surface area contributed by atoms with Gasteiger partial charge in [0.25, 0.3) is 5.91 Å². The van der Waals surface area contributed by atoms with E-state index in [-0.39, 0.29) is 5.82 Å². The van der Waals surface area contributed by atoms with Gasteiger partial charge in [-0.25, -0.2) is 9.78 Å². The van der Waals surface area contributed by atoms with E-state index in [9.17, 15) is 14.7 Å². The summed E-state index contributed by atoms with van der Waals surface area (Å²) < 4.78 is 7.55. The summed E-state index contributed by atoms with van der Waals surface area (Å²) in [5.74, 6) is 0.377. The van der Waals surface area contributed by atoms with E-state index in [2.05, 4.69) is 27.0 Å². The average Bonchev–Trinajstić information content (AvgIpc) is 3.18. The summed E-state index contributed by atoms with van der Waals surface area (Å²) in [4.78, 5) is 31.8. The van der Waals surface area contributed by atoms with E-state index in [4.69, 9.17) is 4.74 Å². The van der Waals surface area contributed by atoms with Gasteiger partial charge in [0.15, 0.2) is 0 Å². The first-order chi connectivity index (χ1) is 14.7. The number of ether oxygens (including phenoxy) is 1. The van der Waals surface area contributed by atoms with Crippen molar-refractivity contribution in [3.8, 4) is 22.8 Å². The van der Waals surface area contributed by atoms with E-state index in [1.807, 2.05) is 11.5 Å². The molecule has 0 saturated heterocycles. The highest BCUT2D eigenvalue weighted by atomic mass is 16.5. The Morgan fingerprint density at radius 3 is 2.71 bits per heavy atom. The maximum Gasteiger partial charge on any atom is 0.327 e. The van der Waals surface area contributed by atoms with Gasteiger partial charge in [0.05, 0.1) is 24.6 Å². The maximum atomic E-state index is 11.8. The Bertz CT molecular complexity index is 1090. The monoisotopic (exact) mass is 422 g/mol. The first kappa shape index (κ1) is 21.7. The number of carbonyl (C=O) groups excluding carboxylic acids is 2. The predicted molar refractivity (Wildman–Crippen MR) is 113 cm³/mol. The number of allylic oxidation sites excluding steroid dienone is 1. The number of hydrogen-bond donors (Lipinski definition) is 3. The largest absolute Gasteiger partial charge is 0.456 e. The quantitative estimate of drug-likeness (QED) is 0.499. The van der Waals surface area contributed by atoms with Crippen molar-refractivity contribution in [3.63, 3.8) is 0 Å². The summed E-state index contributed by atoms with van der Waals surface area (Å²) >= 11 is 0. The third-order valence-corrected chi connectivity index (χ3v) is 3.97. The number of carbonyl (C=O) groups is 2. The summed E-state index contributed by atoms with van der Waals surface area (Å²) in [6.07, 6.45) is 8.39. The Labute approximate surface area is 178 Å². The second-order valence-corrected chi connectivity index (χ2v) is 7.06. The van der Waals surface area contributed by atoms with Crippen molar-refractivity contribution in [2.75, 3.05) is 5.32 Å². The Hall–Kier alpha value is -4.05. The van der Waals surface area contributed by atoms with Crippen molar-refractivity contribution in [1.29, 1.82) is 0 Å². The number of hydrogen-bond acceptors (Lipinski definition) is 7. The minimum Gasteiger partial charge on any atom is -0.456 e. The summed E-state index contributed by atoms with van der Waals surface area (Å²) in [7, 11) is 0. The fourth-order valence-corrected chi connectivity index (χ4v) is 2.41. The maximum absolute atomic E-state index is 11.8. The highest BCUT2D eigenvalue weighted by Crippen LogP contribution is 2.25. The van der Waals surface area contributed by atoms with E-state index in [1.165, 1.54) is 26.1 Å². The Kier molecular flexibility index (Phi) is 6.41. The molecule has 0 aliphatic rings. The average molecular weight is 422 g/mol. The molecule has 0 bridgehead atoms. The van der Waals surface area contributed by atoms with Gasteiger partial charge in [-0.15, -0.1) is 6.58 Å². The highest BCUT2D eigenvalue weighted by Gasteiger charge is 2.25. The van der Waals surface area contributed by atoms with Crippen LogP contribution in [-0.4, -0.2) is 42.4 Å². The van der Waals surface area contributed by atoms with Crippen LogP contribution < -0.4 is 15.4 Å². The molecule has 0 aromatic carbocycles. The van der Waals surface area contributed by atoms with Crippen LogP contribution in [0.3, 0.4) is 0 Å². The lowest BCUT2D eigenvalue weighted by Gasteiger charge is -2.15. The Morgan fingerprint density at radius 2 is 2.03 bits per heavy atom. The van der Waals surface area contributed by atoms with Crippen LogP contribution in [0.15, 0.2) is 61.7 Å². The Balaban J connectivity index is 1.62. The van der Waals surface area contributed by atoms with E-state index in [0.717, 1.165) is 5.56 Å². The van der Waals surface area contributed by atoms with Crippen molar-refractivity contribution >= 4 is 17.8 Å². The summed E-state index contributed by atoms with van der Waals surface area (Å²) in [5, 5.41) is 18.2. The zero-order valence-corrected chi connectivity index (χ0v) is 17.1. The topological polar surface area (TPSA) is 131 Å². The molecule has 0 aliphatic carbocycles. The van der Waals surface area contributed by atoms with E-state index >= 15 is 0 Å². The third-order valence-electron chi connectivity index (χ3n) is 3.97. The van der Waals surface area contributed by atoms with Crippen molar-refractivity contribution in [2.45, 2.75) is 26.0 Å². The molecule has 3 rings (SSSR count). The Morgan fingerprint density at radius 1 is 1.23 bits per heavy atom. The number of amides is 3. The number of imide groups is 1. The molecule has 0 unspecified atom stereocenters. The van der Waals surface area contributed by atoms with Gasteiger partial charge in [-0.2, -0.15) is 5.10 Å². The number of rotatable bonds is 7. The van der Waals surface area contributed by atoms with Gasteiger partial charge >= 0.3 is 6.03 Å². The molecule has 10 nitrogen and oxygen atoms in total. The first-order valence-electron chi connectivity index (χ1n) is 9.33. The zero-order chi connectivity index (χ0) is 22.4. The van der Waals surface area contributed by atoms with E-state index in [1.54, 1.807) is 41.4 Å². The number of nitrogens with one attached hydrogen (secondary N) is 2. The van der Waals surface area contributed by atoms with Crippen LogP contribution in [0.25, 0.3) is 11.3 Å². The van der Waals surface area contributed by atoms with Crippen LogP contribution >= 0.6 is 0 Å². The molecule has 3 aromatic rings. The molecule has 0 aliphatic heterocycles. The van der Waals surface area contributed by atoms with Crippen LogP contribution in [0.1, 0.15) is 13.8 Å². The molecule has 160 valence electrons. The van der Waals surface area contributed by atoms with Crippen molar-refractivity contribution < 1.29 is 19.4 Å². The molecule has 0 atom stereocenters. The highest BCUT2D eigenvalue weighted by molar-refractivity contribution is 6.03. The molecule has 3 heterocycles. The lowest BCUT2D eigenvalue weighted by atomic mass is 10.1. The van der Waals surface area contributed by atoms with Crippen LogP contribution in [0.4, 0.5) is 10.6 Å². The van der Waals surface area contributed by atoms with Crippen molar-refractivity contribution in [1.82, 2.24) is 25.1 Å². The van der Waals surface area contributed by atoms with Gasteiger partial charge in [0.1, 0.15) is 22.9 Å². The van der Waals surface area contributed by atoms with Gasteiger partial charge in [-0.1, -0.05) is 6.08 Å². The molecular weight excluding hydrogens is 400 g/mol. The summed E-state index contributed by atoms with van der Waals surface area (Å²) in [5.41, 5.74) is -0.125. The van der Waals surface area contributed by atoms with E-state index in [0.29, 0.717) is 23.7 Å². The molecule has 0 fully saturated rings. The molecule has 3 aromatic heterocycles. The summed E-state index contributed by atoms with van der Waals surface area (Å²) in [6, 6.07) is 5.81. The van der Waals surface area contributed by atoms with Crippen LogP contribution in [-0.2, 0) is 11.3 Å². The van der Waals surface area contributed by atoms with Gasteiger partial charge in [-0.05, 0) is 32.0 Å². The smallest absolute Gasteiger partial charge is 0.327 e. The van der Waals surface area contributed by atoms with E-state index < -0.39 is 17.5 Å². The minimum absolute atomic E-state index is 0.207. The number of nitrogens with zero attached hydrogens (tertiary/aromatic N) is 4. The number of aromatic nitrogens is 4. The van der Waals surface area contributed by atoms with Crippen LogP contribution in [0.5, 0.6) is 11.5 Å². The van der Waals surface area contributed by atoms with Crippen LogP contribution in [0, 0.1) is 0 Å². The standard InChI is InChI=1S/C21H22N6O4/c1-4-9-27-13-14(11-24-27)17-10-15(7-8-22-17)31-16-5-6-18(23-12-16)25-20(29)26-19(28)21(2,3)30/h4-8,10-13,30H,1,9H2,2-3H3,(H2,23,25,26,28,29). The second kappa shape index (κ2) is 9.18. The SMILES string of the molecule is C=CCn1cc(-c2cc(Oc3ccc(NC(=O)NC(=O)C(C)(C)O)nc3)ccn2)cn1. The van der Waals surface area contributed by atoms with Gasteiger partial charge < -0.3 is 9.84 Å². The summed E-state index contributed by atoms with van der Waals surface area (Å²) in [6.45, 7) is 6.84. The first-order valence-corrected chi connectivity index (χ1v) is 9.33. The normalized spacial score (nSPS) is 10.9. The minimum atomic E-state index is -1.67. The number of aliphatic hydroxyl groups is 1. The number of pyridine rings is 2. The second-order valence-electron chi connectivity index (χ2n) is 7.06. The fraction of sp³-hybridized carbons (Fsp3) is 0.190. The predicted octanol–water partition coefficient (Wildman–Crippen LogP) is 2.74. The zero-order valence-electron chi connectivity index (χ0n) is 17.1. The van der Waals surface area contributed by atoms with Crippen molar-refractivity contribution in [3.05, 3.63) is 61.7 Å². The van der Waals surface area contributed by atoms with Crippen LogP contribution in [0.2, 0.25) is 0 Å². The third kappa shape index (κ3) is 5.97. The van der Waals surface area contributed by atoms with Crippen molar-refractivity contribution in [2.24, 2.45) is 0 Å². The molecule has 0 radical (unpaired) electrons. The van der Waals surface area contributed by atoms with Gasteiger partial charge in [0, 0.05) is 24.0 Å². The molecule has 3 amide bonds. The number of anilines is 1. The molecule has 10 heteroatoms. The molecule has 3 N–H and O–H groups in total. The lowest BCUT2D eigenvalue weighted by molar-refractivity contribution is -0.135. The molecular formula is C21H22N6O4. The molecule has 0 spiro atoms. The molecule has 0 saturated carbocycles. The fourth-order valence-electron chi connectivity index (χ4n) is 2.41.